The summed E-state index contributed by atoms with van der Waals surface area (Å²) in [4.78, 5) is 14.9. The second-order valence-electron chi connectivity index (χ2n) is 5.09. The summed E-state index contributed by atoms with van der Waals surface area (Å²) in [5, 5.41) is 2.74. The Balaban J connectivity index is 1.86. The van der Waals surface area contributed by atoms with Crippen molar-refractivity contribution < 1.29 is 13.6 Å². The first-order valence-corrected chi connectivity index (χ1v) is 6.57. The summed E-state index contributed by atoms with van der Waals surface area (Å²) in [5.74, 6) is -1.20. The van der Waals surface area contributed by atoms with Crippen LogP contribution in [0.25, 0.3) is 0 Å². The Morgan fingerprint density at radius 1 is 1.30 bits per heavy atom. The number of carbonyl (C=O) groups is 1. The molecule has 0 aliphatic carbocycles. The van der Waals surface area contributed by atoms with Crippen LogP contribution in [0.2, 0.25) is 0 Å². The van der Waals surface area contributed by atoms with Crippen molar-refractivity contribution in [1.29, 1.82) is 0 Å². The van der Waals surface area contributed by atoms with Crippen molar-refractivity contribution in [2.75, 3.05) is 31.1 Å². The predicted octanol–water partition coefficient (Wildman–Crippen LogP) is 0.637. The van der Waals surface area contributed by atoms with Crippen molar-refractivity contribution >= 4 is 11.7 Å². The van der Waals surface area contributed by atoms with Gasteiger partial charge in [-0.2, -0.15) is 0 Å². The molecule has 2 amide bonds. The largest absolute Gasteiger partial charge is 0.363 e. The second-order valence-corrected chi connectivity index (χ2v) is 5.09. The summed E-state index contributed by atoms with van der Waals surface area (Å²) in [7, 11) is 0. The van der Waals surface area contributed by atoms with Crippen LogP contribution in [0.5, 0.6) is 0 Å². The number of hydrogen-bond acceptors (Lipinski definition) is 3. The van der Waals surface area contributed by atoms with Gasteiger partial charge in [-0.05, 0) is 17.7 Å². The van der Waals surface area contributed by atoms with E-state index in [1.807, 2.05) is 0 Å². The fourth-order valence-electron chi connectivity index (χ4n) is 2.85. The highest BCUT2D eigenvalue weighted by Gasteiger charge is 2.36. The summed E-state index contributed by atoms with van der Waals surface area (Å²) >= 11 is 0. The van der Waals surface area contributed by atoms with Gasteiger partial charge in [-0.3, -0.25) is 0 Å². The fourth-order valence-corrected chi connectivity index (χ4v) is 2.85. The molecule has 1 aromatic carbocycles. The Morgan fingerprint density at radius 3 is 2.65 bits per heavy atom. The van der Waals surface area contributed by atoms with Crippen molar-refractivity contribution in [2.24, 2.45) is 5.73 Å². The highest BCUT2D eigenvalue weighted by Crippen LogP contribution is 2.28. The molecule has 20 heavy (non-hydrogen) atoms. The van der Waals surface area contributed by atoms with Crippen LogP contribution in [0.15, 0.2) is 12.1 Å². The first-order valence-electron chi connectivity index (χ1n) is 6.57. The lowest BCUT2D eigenvalue weighted by Gasteiger charge is -2.38. The summed E-state index contributed by atoms with van der Waals surface area (Å²) in [6.07, 6.45) is 0. The van der Waals surface area contributed by atoms with Crippen LogP contribution >= 0.6 is 0 Å². The number of rotatable bonds is 2. The first-order chi connectivity index (χ1) is 9.60. The monoisotopic (exact) mass is 282 g/mol. The Labute approximate surface area is 115 Å². The standard InChI is InChI=1S/C13H16F2N4O/c14-10-3-8(5-16)4-11(15)12(10)18-1-2-19-9(7-18)6-17-13(19)20/h3-4,9H,1-2,5-7,16H2,(H,17,20). The van der Waals surface area contributed by atoms with Crippen molar-refractivity contribution in [2.45, 2.75) is 12.6 Å². The van der Waals surface area contributed by atoms with Gasteiger partial charge in [0.1, 0.15) is 17.3 Å². The van der Waals surface area contributed by atoms with Gasteiger partial charge in [-0.1, -0.05) is 0 Å². The smallest absolute Gasteiger partial charge is 0.317 e. The molecule has 2 aliphatic rings. The number of nitrogens with one attached hydrogen (secondary N) is 1. The highest BCUT2D eigenvalue weighted by molar-refractivity contribution is 5.77. The number of urea groups is 1. The van der Waals surface area contributed by atoms with E-state index in [0.29, 0.717) is 31.7 Å². The maximum Gasteiger partial charge on any atom is 0.317 e. The van der Waals surface area contributed by atoms with Crippen molar-refractivity contribution in [3.05, 3.63) is 29.3 Å². The molecule has 1 atom stereocenters. The SMILES string of the molecule is NCc1cc(F)c(N2CCN3C(=O)NCC3C2)c(F)c1. The number of nitrogens with zero attached hydrogens (tertiary/aromatic N) is 2. The third-order valence-electron chi connectivity index (χ3n) is 3.86. The summed E-state index contributed by atoms with van der Waals surface area (Å²) in [6.45, 7) is 1.92. The molecule has 2 saturated heterocycles. The van der Waals surface area contributed by atoms with Crippen molar-refractivity contribution in [1.82, 2.24) is 10.2 Å². The van der Waals surface area contributed by atoms with Gasteiger partial charge >= 0.3 is 6.03 Å². The lowest BCUT2D eigenvalue weighted by Crippen LogP contribution is -2.52. The number of anilines is 1. The molecule has 3 N–H and O–H groups in total. The number of fused-ring (bicyclic) bond motifs is 1. The molecule has 5 nitrogen and oxygen atoms in total. The summed E-state index contributed by atoms with van der Waals surface area (Å²) in [6, 6.07) is 2.39. The number of benzene rings is 1. The maximum absolute atomic E-state index is 14.1. The van der Waals surface area contributed by atoms with Gasteiger partial charge in [-0.15, -0.1) is 0 Å². The molecule has 0 bridgehead atoms. The van der Waals surface area contributed by atoms with Gasteiger partial charge < -0.3 is 20.9 Å². The Morgan fingerprint density at radius 2 is 2.00 bits per heavy atom. The van der Waals surface area contributed by atoms with E-state index >= 15 is 0 Å². The predicted molar refractivity (Wildman–Crippen MR) is 70.4 cm³/mol. The fraction of sp³-hybridized carbons (Fsp3) is 0.462. The van der Waals surface area contributed by atoms with Gasteiger partial charge in [0.05, 0.1) is 6.04 Å². The maximum atomic E-state index is 14.1. The molecule has 0 radical (unpaired) electrons. The molecule has 1 unspecified atom stereocenters. The average molecular weight is 282 g/mol. The van der Waals surface area contributed by atoms with Crippen LogP contribution in [-0.2, 0) is 6.54 Å². The second kappa shape index (κ2) is 4.90. The summed E-state index contributed by atoms with van der Waals surface area (Å²) in [5.41, 5.74) is 5.81. The molecule has 3 rings (SSSR count). The minimum absolute atomic E-state index is 0.0267. The number of nitrogens with two attached hydrogens (primary N) is 1. The van der Waals surface area contributed by atoms with Crippen molar-refractivity contribution in [3.8, 4) is 0 Å². The van der Waals surface area contributed by atoms with E-state index in [0.717, 1.165) is 0 Å². The third kappa shape index (κ3) is 2.07. The van der Waals surface area contributed by atoms with Crippen LogP contribution in [0.3, 0.4) is 0 Å². The Bertz CT molecular complexity index is 528. The number of hydrogen-bond donors (Lipinski definition) is 2. The van der Waals surface area contributed by atoms with E-state index in [4.69, 9.17) is 5.73 Å². The number of carbonyl (C=O) groups excluding carboxylic acids is 1. The highest BCUT2D eigenvalue weighted by atomic mass is 19.1. The van der Waals surface area contributed by atoms with Gasteiger partial charge in [0.15, 0.2) is 0 Å². The van der Waals surface area contributed by atoms with Crippen molar-refractivity contribution in [3.63, 3.8) is 0 Å². The van der Waals surface area contributed by atoms with E-state index in [9.17, 15) is 13.6 Å². The van der Waals surface area contributed by atoms with Crippen LogP contribution < -0.4 is 16.0 Å². The minimum Gasteiger partial charge on any atom is -0.363 e. The molecule has 2 heterocycles. The zero-order valence-electron chi connectivity index (χ0n) is 10.9. The average Bonchev–Trinajstić information content (AvgIpc) is 2.79. The zero-order valence-corrected chi connectivity index (χ0v) is 10.9. The van der Waals surface area contributed by atoms with E-state index in [1.165, 1.54) is 12.1 Å². The van der Waals surface area contributed by atoms with E-state index in [-0.39, 0.29) is 24.3 Å². The van der Waals surface area contributed by atoms with E-state index in [2.05, 4.69) is 5.32 Å². The number of halogens is 2. The molecular weight excluding hydrogens is 266 g/mol. The number of amides is 2. The van der Waals surface area contributed by atoms with Gasteiger partial charge in [0, 0.05) is 32.7 Å². The van der Waals surface area contributed by atoms with E-state index in [1.54, 1.807) is 9.80 Å². The normalized spacial score (nSPS) is 21.9. The molecule has 1 aromatic rings. The van der Waals surface area contributed by atoms with Gasteiger partial charge in [-0.25, -0.2) is 13.6 Å². The van der Waals surface area contributed by atoms with Gasteiger partial charge in [0.25, 0.3) is 0 Å². The molecule has 0 saturated carbocycles. The quantitative estimate of drug-likeness (QED) is 0.836. The topological polar surface area (TPSA) is 61.6 Å². The number of piperazine rings is 1. The Kier molecular flexibility index (Phi) is 3.21. The molecule has 7 heteroatoms. The third-order valence-corrected chi connectivity index (χ3v) is 3.86. The Hall–Kier alpha value is -1.89. The lowest BCUT2D eigenvalue weighted by molar-refractivity contribution is 0.197. The molecular formula is C13H16F2N4O. The van der Waals surface area contributed by atoms with E-state index < -0.39 is 11.6 Å². The zero-order chi connectivity index (χ0) is 14.3. The molecule has 0 aromatic heterocycles. The molecule has 2 fully saturated rings. The van der Waals surface area contributed by atoms with Crippen LogP contribution in [-0.4, -0.2) is 43.2 Å². The lowest BCUT2D eigenvalue weighted by atomic mass is 10.1. The first kappa shape index (κ1) is 13.1. The van der Waals surface area contributed by atoms with Crippen LogP contribution in [0.4, 0.5) is 19.3 Å². The van der Waals surface area contributed by atoms with Crippen LogP contribution in [0, 0.1) is 11.6 Å². The molecule has 108 valence electrons. The van der Waals surface area contributed by atoms with Crippen LogP contribution in [0.1, 0.15) is 5.56 Å². The van der Waals surface area contributed by atoms with Gasteiger partial charge in [0.2, 0.25) is 0 Å². The minimum atomic E-state index is -0.601. The molecule has 2 aliphatic heterocycles. The molecule has 0 spiro atoms. The summed E-state index contributed by atoms with van der Waals surface area (Å²) < 4.78 is 28.1.